The Bertz CT molecular complexity index is 464. The summed E-state index contributed by atoms with van der Waals surface area (Å²) in [5, 5.41) is 0. The number of ether oxygens (including phenoxy) is 1. The summed E-state index contributed by atoms with van der Waals surface area (Å²) in [6, 6.07) is 4.78. The molecule has 1 fully saturated rings. The molecule has 130 valence electrons. The van der Waals surface area contributed by atoms with Crippen LogP contribution in [0.3, 0.4) is 0 Å². The van der Waals surface area contributed by atoms with Gasteiger partial charge >= 0.3 is 0 Å². The second kappa shape index (κ2) is 8.73. The van der Waals surface area contributed by atoms with Gasteiger partial charge in [-0.3, -0.25) is 0 Å². The Morgan fingerprint density at radius 3 is 2.09 bits per heavy atom. The van der Waals surface area contributed by atoms with Gasteiger partial charge < -0.3 is 9.64 Å². The number of nitrogens with zero attached hydrogens (tertiary/aromatic N) is 1. The zero-order valence-electron chi connectivity index (χ0n) is 15.8. The Labute approximate surface area is 143 Å². The van der Waals surface area contributed by atoms with Gasteiger partial charge in [-0.15, -0.1) is 0 Å². The van der Waals surface area contributed by atoms with Crippen LogP contribution in [0.25, 0.3) is 0 Å². The molecule has 1 aliphatic rings. The monoisotopic (exact) mass is 317 g/mol. The van der Waals surface area contributed by atoms with E-state index in [4.69, 9.17) is 4.74 Å². The van der Waals surface area contributed by atoms with Gasteiger partial charge in [0, 0.05) is 18.8 Å². The van der Waals surface area contributed by atoms with Crippen molar-refractivity contribution in [1.29, 1.82) is 0 Å². The van der Waals surface area contributed by atoms with Crippen molar-refractivity contribution < 1.29 is 4.74 Å². The number of hydrogen-bond acceptors (Lipinski definition) is 2. The predicted molar refractivity (Wildman–Crippen MR) is 101 cm³/mol. The van der Waals surface area contributed by atoms with Crippen LogP contribution in [-0.4, -0.2) is 25.3 Å². The molecule has 0 bridgehead atoms. The Morgan fingerprint density at radius 1 is 0.957 bits per heavy atom. The molecule has 0 amide bonds. The molecule has 2 rings (SSSR count). The number of aryl methyl sites for hydroxylation is 2. The highest BCUT2D eigenvalue weighted by atomic mass is 16.5. The summed E-state index contributed by atoms with van der Waals surface area (Å²) in [6.45, 7) is 13.2. The molecule has 1 heterocycles. The first-order valence-electron chi connectivity index (χ1n) is 9.51. The summed E-state index contributed by atoms with van der Waals surface area (Å²) in [4.78, 5) is 2.49. The fraction of sp³-hybridized carbons (Fsp3) is 0.714. The number of anilines is 1. The number of unbranched alkanes of at least 4 members (excludes halogenated alkanes) is 4. The van der Waals surface area contributed by atoms with Gasteiger partial charge in [0.25, 0.3) is 0 Å². The van der Waals surface area contributed by atoms with Crippen LogP contribution in [0.15, 0.2) is 12.1 Å². The lowest BCUT2D eigenvalue weighted by Crippen LogP contribution is -2.45. The molecule has 1 aromatic rings. The fourth-order valence-electron chi connectivity index (χ4n) is 3.84. The van der Waals surface area contributed by atoms with Crippen LogP contribution in [0.4, 0.5) is 5.69 Å². The molecule has 1 aromatic carbocycles. The third-order valence-corrected chi connectivity index (χ3v) is 5.00. The standard InChI is InChI=1S/C21H35NO/c1-6-7-8-9-10-11-21-16(2)12-20(13-17(21)3)22-14-18(4)23-19(5)15-22/h12-13,18-19H,6-11,14-15H2,1-5H3/t18-,19+. The Hall–Kier alpha value is -1.02. The molecule has 0 unspecified atom stereocenters. The van der Waals surface area contributed by atoms with Crippen LogP contribution >= 0.6 is 0 Å². The number of morpholine rings is 1. The fourth-order valence-corrected chi connectivity index (χ4v) is 3.84. The van der Waals surface area contributed by atoms with E-state index in [1.807, 2.05) is 0 Å². The van der Waals surface area contributed by atoms with E-state index < -0.39 is 0 Å². The van der Waals surface area contributed by atoms with Gasteiger partial charge in [0.05, 0.1) is 12.2 Å². The van der Waals surface area contributed by atoms with Crippen LogP contribution in [0.1, 0.15) is 69.6 Å². The largest absolute Gasteiger partial charge is 0.372 e. The molecule has 0 spiro atoms. The lowest BCUT2D eigenvalue weighted by molar-refractivity contribution is -0.00522. The average Bonchev–Trinajstić information content (AvgIpc) is 2.48. The van der Waals surface area contributed by atoms with Crippen molar-refractivity contribution in [1.82, 2.24) is 0 Å². The lowest BCUT2D eigenvalue weighted by Gasteiger charge is -2.37. The first kappa shape index (κ1) is 18.3. The van der Waals surface area contributed by atoms with Crippen molar-refractivity contribution in [2.75, 3.05) is 18.0 Å². The molecule has 0 radical (unpaired) electrons. The predicted octanol–water partition coefficient (Wildman–Crippen LogP) is 5.43. The van der Waals surface area contributed by atoms with Crippen molar-refractivity contribution in [2.45, 2.75) is 85.4 Å². The SMILES string of the molecule is CCCCCCCc1c(C)cc(N2C[C@@H](C)O[C@@H](C)C2)cc1C. The minimum atomic E-state index is 0.317. The van der Waals surface area contributed by atoms with E-state index in [9.17, 15) is 0 Å². The molecular weight excluding hydrogens is 282 g/mol. The van der Waals surface area contributed by atoms with Crippen LogP contribution in [0, 0.1) is 13.8 Å². The molecule has 0 aliphatic carbocycles. The topological polar surface area (TPSA) is 12.5 Å². The smallest absolute Gasteiger partial charge is 0.0726 e. The van der Waals surface area contributed by atoms with Crippen molar-refractivity contribution >= 4 is 5.69 Å². The van der Waals surface area contributed by atoms with Crippen LogP contribution in [-0.2, 0) is 11.2 Å². The molecule has 2 nitrogen and oxygen atoms in total. The molecule has 23 heavy (non-hydrogen) atoms. The van der Waals surface area contributed by atoms with Gasteiger partial charge in [0.1, 0.15) is 0 Å². The zero-order chi connectivity index (χ0) is 16.8. The number of hydrogen-bond donors (Lipinski definition) is 0. The Morgan fingerprint density at radius 2 is 1.52 bits per heavy atom. The van der Waals surface area contributed by atoms with E-state index in [1.165, 1.54) is 55.3 Å². The van der Waals surface area contributed by atoms with Crippen molar-refractivity contribution in [2.24, 2.45) is 0 Å². The second-order valence-electron chi connectivity index (χ2n) is 7.38. The second-order valence-corrected chi connectivity index (χ2v) is 7.38. The minimum absolute atomic E-state index is 0.317. The van der Waals surface area contributed by atoms with Gasteiger partial charge in [-0.1, -0.05) is 32.6 Å². The maximum atomic E-state index is 5.87. The third kappa shape index (κ3) is 5.24. The van der Waals surface area contributed by atoms with E-state index in [0.29, 0.717) is 12.2 Å². The Kier molecular flexibility index (Phi) is 6.95. The van der Waals surface area contributed by atoms with Crippen LogP contribution < -0.4 is 4.90 Å². The zero-order valence-corrected chi connectivity index (χ0v) is 15.8. The van der Waals surface area contributed by atoms with Gasteiger partial charge in [0.2, 0.25) is 0 Å². The highest BCUT2D eigenvalue weighted by Crippen LogP contribution is 2.27. The molecule has 1 saturated heterocycles. The summed E-state index contributed by atoms with van der Waals surface area (Å²) >= 11 is 0. The number of rotatable bonds is 7. The highest BCUT2D eigenvalue weighted by Gasteiger charge is 2.23. The van der Waals surface area contributed by atoms with E-state index in [0.717, 1.165) is 13.1 Å². The minimum Gasteiger partial charge on any atom is -0.372 e. The van der Waals surface area contributed by atoms with Crippen LogP contribution in [0.5, 0.6) is 0 Å². The molecule has 0 aromatic heterocycles. The van der Waals surface area contributed by atoms with Crippen LogP contribution in [0.2, 0.25) is 0 Å². The van der Waals surface area contributed by atoms with E-state index in [1.54, 1.807) is 5.56 Å². The van der Waals surface area contributed by atoms with E-state index in [-0.39, 0.29) is 0 Å². The average molecular weight is 318 g/mol. The molecule has 0 saturated carbocycles. The van der Waals surface area contributed by atoms with Gasteiger partial charge in [-0.05, 0) is 69.4 Å². The molecular formula is C21H35NO. The lowest BCUT2D eigenvalue weighted by atomic mass is 9.95. The van der Waals surface area contributed by atoms with Crippen molar-refractivity contribution in [3.8, 4) is 0 Å². The molecule has 2 heteroatoms. The third-order valence-electron chi connectivity index (χ3n) is 5.00. The maximum Gasteiger partial charge on any atom is 0.0726 e. The quantitative estimate of drug-likeness (QED) is 0.622. The van der Waals surface area contributed by atoms with E-state index in [2.05, 4.69) is 51.7 Å². The normalized spacial score (nSPS) is 21.7. The summed E-state index contributed by atoms with van der Waals surface area (Å²) in [6.07, 6.45) is 8.65. The Balaban J connectivity index is 2.01. The van der Waals surface area contributed by atoms with Gasteiger partial charge in [-0.2, -0.15) is 0 Å². The summed E-state index contributed by atoms with van der Waals surface area (Å²) in [5.41, 5.74) is 5.86. The summed E-state index contributed by atoms with van der Waals surface area (Å²) in [7, 11) is 0. The van der Waals surface area contributed by atoms with Gasteiger partial charge in [-0.25, -0.2) is 0 Å². The van der Waals surface area contributed by atoms with Crippen molar-refractivity contribution in [3.05, 3.63) is 28.8 Å². The maximum absolute atomic E-state index is 5.87. The molecule has 1 aliphatic heterocycles. The summed E-state index contributed by atoms with van der Waals surface area (Å²) < 4.78 is 5.87. The van der Waals surface area contributed by atoms with E-state index >= 15 is 0 Å². The highest BCUT2D eigenvalue weighted by molar-refractivity contribution is 5.54. The molecule has 2 atom stereocenters. The first-order valence-corrected chi connectivity index (χ1v) is 9.51. The van der Waals surface area contributed by atoms with Gasteiger partial charge in [0.15, 0.2) is 0 Å². The first-order chi connectivity index (χ1) is 11.0. The van der Waals surface area contributed by atoms with Crippen molar-refractivity contribution in [3.63, 3.8) is 0 Å². The molecule has 0 N–H and O–H groups in total. The number of benzene rings is 1. The summed E-state index contributed by atoms with van der Waals surface area (Å²) in [5.74, 6) is 0.